The molecule has 1 N–H and O–H groups in total. The summed E-state index contributed by atoms with van der Waals surface area (Å²) in [5, 5.41) is 9.11. The highest BCUT2D eigenvalue weighted by Crippen LogP contribution is 2.43. The monoisotopic (exact) mass is 335 g/mol. The van der Waals surface area contributed by atoms with Crippen LogP contribution in [0, 0.1) is 17.2 Å². The van der Waals surface area contributed by atoms with E-state index in [4.69, 9.17) is 10.00 Å². The standard InChI is InChI=1S/C19H17N3O3/c1-10-16(11(2)23)17(18-14(22-10)6-7-21-19(18)24)13-5-4-12(9-20)8-15(13)25-3/h4-8,16-17H,1-3H3,(H,21,24). The zero-order valence-corrected chi connectivity index (χ0v) is 14.2. The van der Waals surface area contributed by atoms with Crippen LogP contribution in [0.3, 0.4) is 0 Å². The first-order valence-electron chi connectivity index (χ1n) is 7.83. The number of Topliss-reactive ketones (excluding diaryl/α,β-unsaturated/α-hetero) is 1. The molecule has 2 aromatic rings. The number of benzene rings is 1. The van der Waals surface area contributed by atoms with Crippen molar-refractivity contribution < 1.29 is 9.53 Å². The first-order chi connectivity index (χ1) is 12.0. The van der Waals surface area contributed by atoms with Crippen molar-refractivity contribution in [2.24, 2.45) is 10.9 Å². The number of carbonyl (C=O) groups excluding carboxylic acids is 1. The predicted molar refractivity (Wildman–Crippen MR) is 93.6 cm³/mol. The molecular weight excluding hydrogens is 318 g/mol. The molecule has 0 radical (unpaired) electrons. The fourth-order valence-corrected chi connectivity index (χ4v) is 3.45. The van der Waals surface area contributed by atoms with E-state index in [-0.39, 0.29) is 11.3 Å². The van der Waals surface area contributed by atoms with Crippen molar-refractivity contribution in [1.29, 1.82) is 5.26 Å². The second-order valence-corrected chi connectivity index (χ2v) is 5.99. The van der Waals surface area contributed by atoms with Gasteiger partial charge in [-0.05, 0) is 32.0 Å². The van der Waals surface area contributed by atoms with E-state index in [1.54, 1.807) is 37.4 Å². The minimum atomic E-state index is -0.558. The van der Waals surface area contributed by atoms with Crippen LogP contribution in [-0.4, -0.2) is 23.6 Å². The van der Waals surface area contributed by atoms with Crippen molar-refractivity contribution in [2.75, 3.05) is 7.11 Å². The molecule has 1 aromatic heterocycles. The number of nitrogens with zero attached hydrogens (tertiary/aromatic N) is 2. The lowest BCUT2D eigenvalue weighted by molar-refractivity contribution is -0.119. The van der Waals surface area contributed by atoms with Gasteiger partial charge in [-0.3, -0.25) is 14.6 Å². The van der Waals surface area contributed by atoms with E-state index in [0.717, 1.165) is 0 Å². The molecule has 0 amide bonds. The normalized spacial score (nSPS) is 18.7. The van der Waals surface area contributed by atoms with Gasteiger partial charge < -0.3 is 9.72 Å². The smallest absolute Gasteiger partial charge is 0.253 e. The molecule has 0 spiro atoms. The number of rotatable bonds is 3. The van der Waals surface area contributed by atoms with Gasteiger partial charge in [0.1, 0.15) is 11.5 Å². The molecule has 0 aliphatic carbocycles. The Labute approximate surface area is 144 Å². The molecule has 1 aromatic carbocycles. The van der Waals surface area contributed by atoms with Crippen molar-refractivity contribution in [3.05, 3.63) is 57.5 Å². The number of methoxy groups -OCH3 is 1. The third-order valence-electron chi connectivity index (χ3n) is 4.50. The summed E-state index contributed by atoms with van der Waals surface area (Å²) < 4.78 is 5.44. The molecule has 2 atom stereocenters. The van der Waals surface area contributed by atoms with Gasteiger partial charge in [-0.25, -0.2) is 0 Å². The molecule has 0 fully saturated rings. The molecule has 6 nitrogen and oxygen atoms in total. The van der Waals surface area contributed by atoms with E-state index in [0.29, 0.717) is 33.8 Å². The van der Waals surface area contributed by atoms with Crippen molar-refractivity contribution in [3.63, 3.8) is 0 Å². The molecule has 126 valence electrons. The zero-order chi connectivity index (χ0) is 18.1. The molecule has 25 heavy (non-hydrogen) atoms. The summed E-state index contributed by atoms with van der Waals surface area (Å²) in [6.07, 6.45) is 1.54. The van der Waals surface area contributed by atoms with E-state index in [1.165, 1.54) is 14.0 Å². The van der Waals surface area contributed by atoms with Gasteiger partial charge >= 0.3 is 0 Å². The third kappa shape index (κ3) is 2.74. The molecule has 6 heteroatoms. The van der Waals surface area contributed by atoms with Gasteiger partial charge in [0.15, 0.2) is 0 Å². The molecule has 3 rings (SSSR count). The number of aromatic amines is 1. The van der Waals surface area contributed by atoms with Crippen LogP contribution in [0.15, 0.2) is 40.2 Å². The number of hydrogen-bond acceptors (Lipinski definition) is 5. The molecule has 1 aliphatic heterocycles. The number of nitrogens with one attached hydrogen (secondary N) is 1. The summed E-state index contributed by atoms with van der Waals surface area (Å²) in [4.78, 5) is 32.0. The van der Waals surface area contributed by atoms with Gasteiger partial charge in [-0.1, -0.05) is 6.07 Å². The fraction of sp³-hybridized carbons (Fsp3) is 0.263. The lowest BCUT2D eigenvalue weighted by Gasteiger charge is -2.31. The Morgan fingerprint density at radius 1 is 1.36 bits per heavy atom. The largest absolute Gasteiger partial charge is 0.496 e. The SMILES string of the molecule is COc1cc(C#N)ccc1C1c2c(cc[nH]c2=O)N=C(C)C1C(C)=O. The Morgan fingerprint density at radius 3 is 2.76 bits per heavy atom. The van der Waals surface area contributed by atoms with Crippen LogP contribution in [0.2, 0.25) is 0 Å². The maximum Gasteiger partial charge on any atom is 0.253 e. The number of pyridine rings is 1. The summed E-state index contributed by atoms with van der Waals surface area (Å²) in [7, 11) is 1.50. The second kappa shape index (κ2) is 6.36. The van der Waals surface area contributed by atoms with Crippen LogP contribution in [0.4, 0.5) is 5.69 Å². The van der Waals surface area contributed by atoms with Gasteiger partial charge in [0.05, 0.1) is 35.9 Å². The molecule has 0 bridgehead atoms. The van der Waals surface area contributed by atoms with Crippen LogP contribution < -0.4 is 10.3 Å². The molecule has 2 heterocycles. The molecular formula is C19H17N3O3. The average molecular weight is 335 g/mol. The Morgan fingerprint density at radius 2 is 2.12 bits per heavy atom. The number of carbonyl (C=O) groups is 1. The Balaban J connectivity index is 2.33. The fourth-order valence-electron chi connectivity index (χ4n) is 3.45. The van der Waals surface area contributed by atoms with Gasteiger partial charge in [-0.2, -0.15) is 5.26 Å². The molecule has 2 unspecified atom stereocenters. The summed E-state index contributed by atoms with van der Waals surface area (Å²) in [6, 6.07) is 8.81. The van der Waals surface area contributed by atoms with Gasteiger partial charge in [0.2, 0.25) is 0 Å². The summed E-state index contributed by atoms with van der Waals surface area (Å²) >= 11 is 0. The van der Waals surface area contributed by atoms with Gasteiger partial charge in [0.25, 0.3) is 5.56 Å². The number of nitriles is 1. The maximum atomic E-state index is 12.5. The van der Waals surface area contributed by atoms with Crippen LogP contribution in [0.25, 0.3) is 0 Å². The number of ketones is 1. The lowest BCUT2D eigenvalue weighted by atomic mass is 9.74. The highest BCUT2D eigenvalue weighted by Gasteiger charge is 2.38. The number of ether oxygens (including phenoxy) is 1. The van der Waals surface area contributed by atoms with E-state index in [2.05, 4.69) is 16.0 Å². The topological polar surface area (TPSA) is 95.3 Å². The predicted octanol–water partition coefficient (Wildman–Crippen LogP) is 2.70. The highest BCUT2D eigenvalue weighted by molar-refractivity contribution is 6.07. The molecule has 1 aliphatic rings. The van der Waals surface area contributed by atoms with Crippen LogP contribution in [0.1, 0.15) is 36.5 Å². The average Bonchev–Trinajstić information content (AvgIpc) is 2.59. The van der Waals surface area contributed by atoms with E-state index < -0.39 is 11.8 Å². The van der Waals surface area contributed by atoms with E-state index in [9.17, 15) is 9.59 Å². The van der Waals surface area contributed by atoms with Crippen molar-refractivity contribution in [3.8, 4) is 11.8 Å². The summed E-state index contributed by atoms with van der Waals surface area (Å²) in [5.41, 5.74) is 2.50. The Hall–Kier alpha value is -3.20. The van der Waals surface area contributed by atoms with Crippen LogP contribution in [-0.2, 0) is 4.79 Å². The minimum Gasteiger partial charge on any atom is -0.496 e. The van der Waals surface area contributed by atoms with Crippen LogP contribution >= 0.6 is 0 Å². The lowest BCUT2D eigenvalue weighted by Crippen LogP contribution is -2.34. The quantitative estimate of drug-likeness (QED) is 0.933. The van der Waals surface area contributed by atoms with Crippen molar-refractivity contribution >= 4 is 17.2 Å². The van der Waals surface area contributed by atoms with Crippen molar-refractivity contribution in [1.82, 2.24) is 4.98 Å². The van der Waals surface area contributed by atoms with Gasteiger partial charge in [-0.15, -0.1) is 0 Å². The number of aliphatic imine (C=N–C) groups is 1. The Bertz CT molecular complexity index is 982. The highest BCUT2D eigenvalue weighted by atomic mass is 16.5. The van der Waals surface area contributed by atoms with Crippen molar-refractivity contribution in [2.45, 2.75) is 19.8 Å². The third-order valence-corrected chi connectivity index (χ3v) is 4.50. The first kappa shape index (κ1) is 16.7. The van der Waals surface area contributed by atoms with Crippen LogP contribution in [0.5, 0.6) is 5.75 Å². The second-order valence-electron chi connectivity index (χ2n) is 5.99. The van der Waals surface area contributed by atoms with Gasteiger partial charge in [0, 0.05) is 23.4 Å². The number of hydrogen-bond donors (Lipinski definition) is 1. The molecule has 0 saturated heterocycles. The summed E-state index contributed by atoms with van der Waals surface area (Å²) in [6.45, 7) is 3.29. The maximum absolute atomic E-state index is 12.5. The first-order valence-corrected chi connectivity index (χ1v) is 7.83. The van der Waals surface area contributed by atoms with E-state index in [1.807, 2.05) is 0 Å². The number of H-pyrrole nitrogens is 1. The number of fused-ring (bicyclic) bond motifs is 1. The van der Waals surface area contributed by atoms with E-state index >= 15 is 0 Å². The zero-order valence-electron chi connectivity index (χ0n) is 14.2. The summed E-state index contributed by atoms with van der Waals surface area (Å²) in [5.74, 6) is -0.679. The number of aromatic nitrogens is 1. The molecule has 0 saturated carbocycles. The Kier molecular flexibility index (Phi) is 4.24. The minimum absolute atomic E-state index is 0.0773.